The topological polar surface area (TPSA) is 281 Å². The van der Waals surface area contributed by atoms with E-state index in [1.165, 1.54) is 26.4 Å². The van der Waals surface area contributed by atoms with Crippen molar-refractivity contribution in [2.75, 3.05) is 7.11 Å². The van der Waals surface area contributed by atoms with Crippen LogP contribution in [0, 0.1) is 16.7 Å². The Morgan fingerprint density at radius 3 is 1.78 bits per heavy atom. The molecule has 7 fully saturated rings. The standard InChI is InChI=1S/C52H77NO19/c1-25-43(58)36(63-8)22-42(64-25)72-46-28(4)67-41(21-35(46)57)71-45-27(3)66-40(20-34(45)56)70-44-26(2)65-39(19-33(44)55)68-32-12-13-48(6)31(18-32)11-14-51(61)37(48)23-38(69-47(59)30-10-9-17-53-24-30)49(7)50(60,29(5)54)15-16-52(49,51)62/h9-11,17,24-28,32-46,55-58,60-62H,12-16,18-23H2,1-8H3/t25-,26-,27-,28-,32+,33+,34+,35+,36-,37-,38-,39+,40+,41+,42+,43-,44-,45-,46-,48+,49-,50-,51+,52-/m1/s1. The number of rotatable bonds is 12. The van der Waals surface area contributed by atoms with Crippen LogP contribution < -0.4 is 0 Å². The van der Waals surface area contributed by atoms with E-state index in [2.05, 4.69) is 4.98 Å². The second-order valence-electron chi connectivity index (χ2n) is 22.5. The smallest absolute Gasteiger partial charge is 0.339 e. The highest BCUT2D eigenvalue weighted by Crippen LogP contribution is 2.71. The lowest BCUT2D eigenvalue weighted by molar-refractivity contribution is -0.344. The van der Waals surface area contributed by atoms with Gasteiger partial charge in [0.25, 0.3) is 0 Å². The Bertz CT molecular complexity index is 2100. The second kappa shape index (κ2) is 20.4. The predicted molar refractivity (Wildman–Crippen MR) is 249 cm³/mol. The molecule has 7 N–H and O–H groups in total. The third kappa shape index (κ3) is 9.23. The fourth-order valence-corrected chi connectivity index (χ4v) is 14.1. The van der Waals surface area contributed by atoms with Crippen molar-refractivity contribution >= 4 is 11.8 Å². The number of ether oxygens (including phenoxy) is 10. The van der Waals surface area contributed by atoms with Crippen molar-refractivity contribution in [3.05, 3.63) is 41.7 Å². The number of ketones is 1. The molecule has 4 aliphatic heterocycles. The first-order valence-electron chi connectivity index (χ1n) is 25.9. The van der Waals surface area contributed by atoms with Gasteiger partial charge in [0.1, 0.15) is 47.3 Å². The maximum atomic E-state index is 13.6. The summed E-state index contributed by atoms with van der Waals surface area (Å²) < 4.78 is 61.2. The molecule has 24 atom stereocenters. The van der Waals surface area contributed by atoms with Crippen LogP contribution in [0.3, 0.4) is 0 Å². The van der Waals surface area contributed by atoms with Gasteiger partial charge in [0.05, 0.1) is 65.9 Å². The van der Waals surface area contributed by atoms with Gasteiger partial charge in [0.15, 0.2) is 30.9 Å². The maximum Gasteiger partial charge on any atom is 0.339 e. The van der Waals surface area contributed by atoms with E-state index in [0.29, 0.717) is 19.3 Å². The summed E-state index contributed by atoms with van der Waals surface area (Å²) in [5.41, 5.74) is -7.08. The molecule has 0 unspecified atom stereocenters. The number of carbonyl (C=O) groups is 2. The largest absolute Gasteiger partial charge is 0.458 e. The third-order valence-electron chi connectivity index (χ3n) is 18.4. The summed E-state index contributed by atoms with van der Waals surface area (Å²) in [6.45, 7) is 11.9. The Labute approximate surface area is 420 Å². The van der Waals surface area contributed by atoms with Gasteiger partial charge in [-0.1, -0.05) is 18.6 Å². The molecule has 0 aromatic carbocycles. The Hall–Kier alpha value is -2.61. The van der Waals surface area contributed by atoms with Crippen LogP contribution in [-0.2, 0) is 52.2 Å². The quantitative estimate of drug-likeness (QED) is 0.117. The monoisotopic (exact) mass is 1020 g/mol. The zero-order chi connectivity index (χ0) is 51.9. The van der Waals surface area contributed by atoms with E-state index < -0.39 is 150 Å². The van der Waals surface area contributed by atoms with Crippen LogP contribution >= 0.6 is 0 Å². The van der Waals surface area contributed by atoms with Gasteiger partial charge in [-0.2, -0.15) is 0 Å². The molecule has 4 saturated heterocycles. The number of carbonyl (C=O) groups excluding carboxylic acids is 2. The summed E-state index contributed by atoms with van der Waals surface area (Å²) in [6, 6.07) is 3.16. The minimum Gasteiger partial charge on any atom is -0.458 e. The number of hydrogen-bond donors (Lipinski definition) is 7. The van der Waals surface area contributed by atoms with E-state index in [9.17, 15) is 45.3 Å². The van der Waals surface area contributed by atoms with Gasteiger partial charge in [-0.15, -0.1) is 0 Å². The maximum absolute atomic E-state index is 13.6. The van der Waals surface area contributed by atoms with Crippen LogP contribution in [-0.4, -0.2) is 187 Å². The highest BCUT2D eigenvalue weighted by atomic mass is 16.8. The Kier molecular flexibility index (Phi) is 15.4. The number of methoxy groups -OCH3 is 1. The van der Waals surface area contributed by atoms with E-state index in [0.717, 1.165) is 5.57 Å². The van der Waals surface area contributed by atoms with Crippen molar-refractivity contribution in [3.63, 3.8) is 0 Å². The predicted octanol–water partition coefficient (Wildman–Crippen LogP) is 2.27. The molecule has 1 aromatic heterocycles. The molecule has 0 radical (unpaired) electrons. The molecule has 0 spiro atoms. The van der Waals surface area contributed by atoms with E-state index in [4.69, 9.17) is 47.4 Å². The summed E-state index contributed by atoms with van der Waals surface area (Å²) in [7, 11) is 1.51. The minimum atomic E-state index is -2.07. The molecule has 404 valence electrons. The number of aliphatic hydroxyl groups excluding tert-OH is 4. The normalized spacial score (nSPS) is 50.5. The highest BCUT2D eigenvalue weighted by molar-refractivity contribution is 5.90. The molecule has 72 heavy (non-hydrogen) atoms. The average molecular weight is 1020 g/mol. The van der Waals surface area contributed by atoms with Crippen LogP contribution in [0.2, 0.25) is 0 Å². The lowest BCUT2D eigenvalue weighted by Gasteiger charge is -2.67. The Balaban J connectivity index is 0.787. The first kappa shape index (κ1) is 54.2. The number of fused-ring (bicyclic) bond motifs is 5. The first-order chi connectivity index (χ1) is 34.0. The van der Waals surface area contributed by atoms with Gasteiger partial charge in [-0.05, 0) is 104 Å². The number of aliphatic hydroxyl groups is 7. The fourth-order valence-electron chi connectivity index (χ4n) is 14.1. The fraction of sp³-hybridized carbons (Fsp3) is 0.827. The number of esters is 1. The van der Waals surface area contributed by atoms with Crippen molar-refractivity contribution in [3.8, 4) is 0 Å². The number of pyridine rings is 1. The van der Waals surface area contributed by atoms with Crippen LogP contribution in [0.25, 0.3) is 0 Å². The van der Waals surface area contributed by atoms with Crippen molar-refractivity contribution in [1.82, 2.24) is 4.98 Å². The van der Waals surface area contributed by atoms with Gasteiger partial charge in [-0.25, -0.2) is 4.79 Å². The van der Waals surface area contributed by atoms with Crippen LogP contribution in [0.1, 0.15) is 129 Å². The van der Waals surface area contributed by atoms with Gasteiger partial charge >= 0.3 is 5.97 Å². The van der Waals surface area contributed by atoms with Crippen molar-refractivity contribution < 1.29 is 92.7 Å². The average Bonchev–Trinajstić information content (AvgIpc) is 3.56. The van der Waals surface area contributed by atoms with Gasteiger partial charge in [0, 0.05) is 51.1 Å². The molecule has 0 bridgehead atoms. The molecule has 3 saturated carbocycles. The van der Waals surface area contributed by atoms with Gasteiger partial charge < -0.3 is 83.1 Å². The molecular formula is C52H77NO19. The van der Waals surface area contributed by atoms with E-state index in [-0.39, 0.29) is 63.0 Å². The molecule has 1 aromatic rings. The molecule has 20 nitrogen and oxygen atoms in total. The first-order valence-corrected chi connectivity index (χ1v) is 25.9. The third-order valence-corrected chi connectivity index (χ3v) is 18.4. The second-order valence-corrected chi connectivity index (χ2v) is 22.5. The Morgan fingerprint density at radius 2 is 1.26 bits per heavy atom. The molecule has 20 heteroatoms. The molecule has 0 amide bonds. The van der Waals surface area contributed by atoms with Crippen molar-refractivity contribution in [2.45, 2.75) is 247 Å². The van der Waals surface area contributed by atoms with Crippen LogP contribution in [0.4, 0.5) is 0 Å². The summed E-state index contributed by atoms with van der Waals surface area (Å²) in [5.74, 6) is -1.91. The van der Waals surface area contributed by atoms with E-state index in [1.807, 2.05) is 13.0 Å². The number of hydrogen-bond acceptors (Lipinski definition) is 20. The lowest BCUT2D eigenvalue weighted by Crippen LogP contribution is -2.78. The zero-order valence-electron chi connectivity index (χ0n) is 42.6. The SMILES string of the molecule is CO[C@@H]1C[C@H](O[C@H]2[C@@H](O)C[C@H](O[C@H]3[C@@H](O)C[C@H](O[C@H]4[C@@H](O)C[C@H](O[C@H]5CC[C@@]6(C)C(=CC[C@]7(O)[C@@H]6C[C@@H](OC(=O)c6cccnc6)[C@@]6(C)[C@]7(O)CC[C@@]6(O)C(C)=O)C5)O[C@@H]4C)O[C@@H]3C)O[C@@H]2C)O[C@H](C)[C@H]1O. The minimum absolute atomic E-state index is 0.0269. The number of Topliss-reactive ketones (excluding diaryl/α,β-unsaturated/α-hetero) is 1. The summed E-state index contributed by atoms with van der Waals surface area (Å²) in [4.78, 5) is 30.9. The van der Waals surface area contributed by atoms with Crippen LogP contribution in [0.5, 0.6) is 0 Å². The van der Waals surface area contributed by atoms with Gasteiger partial charge in [0.2, 0.25) is 0 Å². The molecule has 9 rings (SSSR count). The van der Waals surface area contributed by atoms with Crippen molar-refractivity contribution in [2.24, 2.45) is 16.7 Å². The van der Waals surface area contributed by atoms with E-state index in [1.54, 1.807) is 46.8 Å². The lowest BCUT2D eigenvalue weighted by atomic mass is 9.42. The number of nitrogens with zero attached hydrogens (tertiary/aromatic N) is 1. The van der Waals surface area contributed by atoms with Gasteiger partial charge in [-0.3, -0.25) is 9.78 Å². The van der Waals surface area contributed by atoms with Crippen LogP contribution in [0.15, 0.2) is 36.2 Å². The molecule has 8 aliphatic rings. The Morgan fingerprint density at radius 1 is 0.722 bits per heavy atom. The summed E-state index contributed by atoms with van der Waals surface area (Å²) in [5, 5.41) is 82.1. The molecular weight excluding hydrogens is 943 g/mol. The molecule has 4 aliphatic carbocycles. The summed E-state index contributed by atoms with van der Waals surface area (Å²) in [6.07, 6.45) is -7.05. The number of aromatic nitrogens is 1. The van der Waals surface area contributed by atoms with E-state index >= 15 is 0 Å². The highest BCUT2D eigenvalue weighted by Gasteiger charge is 2.81. The molecule has 5 heterocycles. The zero-order valence-corrected chi connectivity index (χ0v) is 42.6. The van der Waals surface area contributed by atoms with Crippen molar-refractivity contribution in [1.29, 1.82) is 0 Å². The summed E-state index contributed by atoms with van der Waals surface area (Å²) >= 11 is 0.